The van der Waals surface area contributed by atoms with E-state index in [1.807, 2.05) is 0 Å². The number of primary amides is 1. The van der Waals surface area contributed by atoms with E-state index in [4.69, 9.17) is 16.6 Å². The fourth-order valence-corrected chi connectivity index (χ4v) is 5.91. The summed E-state index contributed by atoms with van der Waals surface area (Å²) in [6, 6.07) is -3.61. The molecule has 0 spiro atoms. The van der Waals surface area contributed by atoms with Gasteiger partial charge in [-0.05, 0) is 45.4 Å². The largest absolute Gasteiger partial charge is 0.465 e. The van der Waals surface area contributed by atoms with Gasteiger partial charge in [-0.1, -0.05) is 37.3 Å². The van der Waals surface area contributed by atoms with Crippen molar-refractivity contribution in [3.63, 3.8) is 0 Å². The van der Waals surface area contributed by atoms with Crippen molar-refractivity contribution in [2.75, 3.05) is 13.1 Å². The van der Waals surface area contributed by atoms with Gasteiger partial charge in [-0.2, -0.15) is 0 Å². The molecule has 1 aromatic rings. The number of aliphatic hydroxyl groups is 1. The molecule has 0 bridgehead atoms. The van der Waals surface area contributed by atoms with Crippen molar-refractivity contribution in [3.05, 3.63) is 11.9 Å². The third-order valence-electron chi connectivity index (χ3n) is 8.11. The Morgan fingerprint density at radius 1 is 1.14 bits per heavy atom. The van der Waals surface area contributed by atoms with Crippen LogP contribution in [0.5, 0.6) is 0 Å². The number of nitrogens with one attached hydrogen (secondary N) is 2. The summed E-state index contributed by atoms with van der Waals surface area (Å²) in [5, 5.41) is 32.2. The highest BCUT2D eigenvalue weighted by Crippen LogP contribution is 2.33. The van der Waals surface area contributed by atoms with Crippen molar-refractivity contribution in [3.8, 4) is 0 Å². The van der Waals surface area contributed by atoms with Crippen LogP contribution in [0.15, 0.2) is 6.20 Å². The Labute approximate surface area is 256 Å². The Morgan fingerprint density at radius 3 is 2.42 bits per heavy atom. The zero-order chi connectivity index (χ0) is 31.0. The Morgan fingerprint density at radius 2 is 1.81 bits per heavy atom. The zero-order valence-corrected chi connectivity index (χ0v) is 25.6. The third kappa shape index (κ3) is 9.86. The summed E-state index contributed by atoms with van der Waals surface area (Å²) in [5.41, 5.74) is 10.7. The second kappa shape index (κ2) is 16.0. The maximum Gasteiger partial charge on any atom is 0.404 e. The lowest BCUT2D eigenvalue weighted by Gasteiger charge is -2.30. The number of nitrogens with two attached hydrogens (primary N) is 2. The average molecular weight is 629 g/mol. The number of ketones is 1. The first-order chi connectivity index (χ1) is 19.8. The van der Waals surface area contributed by atoms with E-state index in [1.54, 1.807) is 13.8 Å². The van der Waals surface area contributed by atoms with Gasteiger partial charge in [0.25, 0.3) is 5.91 Å². The number of carboxylic acid groups (broad SMARTS) is 1. The molecule has 1 aromatic heterocycles. The summed E-state index contributed by atoms with van der Waals surface area (Å²) in [4.78, 5) is 63.7. The third-order valence-corrected chi connectivity index (χ3v) is 8.11. The lowest BCUT2D eigenvalue weighted by Crippen LogP contribution is -2.55. The molecule has 2 fully saturated rings. The first-order valence-electron chi connectivity index (χ1n) is 14.6. The fraction of sp³-hybridized carbons (Fsp3) is 0.741. The smallest absolute Gasteiger partial charge is 0.404 e. The van der Waals surface area contributed by atoms with Crippen molar-refractivity contribution in [1.29, 1.82) is 0 Å². The first kappa shape index (κ1) is 35.9. The summed E-state index contributed by atoms with van der Waals surface area (Å²) in [5.74, 6) is -2.92. The maximum atomic E-state index is 13.7. The highest BCUT2D eigenvalue weighted by atomic mass is 35.5. The molecule has 8 N–H and O–H groups in total. The molecule has 0 aromatic carbocycles. The fourth-order valence-electron chi connectivity index (χ4n) is 5.91. The Kier molecular flexibility index (Phi) is 13.3. The van der Waals surface area contributed by atoms with Crippen LogP contribution in [0.2, 0.25) is 0 Å². The lowest BCUT2D eigenvalue weighted by molar-refractivity contribution is -0.142. The molecule has 43 heavy (non-hydrogen) atoms. The van der Waals surface area contributed by atoms with Crippen LogP contribution in [0.25, 0.3) is 0 Å². The number of amides is 4. The predicted octanol–water partition coefficient (Wildman–Crippen LogP) is 0.344. The number of aromatic nitrogens is 3. The molecule has 2 heterocycles. The summed E-state index contributed by atoms with van der Waals surface area (Å²) < 4.78 is 1.50. The molecule has 1 aliphatic heterocycles. The highest BCUT2D eigenvalue weighted by Gasteiger charge is 2.44. The first-order valence-corrected chi connectivity index (χ1v) is 14.6. The van der Waals surface area contributed by atoms with Crippen LogP contribution in [-0.4, -0.2) is 90.9 Å². The number of hydrogen-bond donors (Lipinski definition) is 6. The molecule has 1 aliphatic carbocycles. The van der Waals surface area contributed by atoms with Gasteiger partial charge in [-0.15, -0.1) is 17.5 Å². The number of nitrogens with zero attached hydrogens (tertiary/aromatic N) is 4. The summed E-state index contributed by atoms with van der Waals surface area (Å²) >= 11 is 0. The molecule has 1 saturated carbocycles. The number of carbonyl (C=O) groups is 5. The van der Waals surface area contributed by atoms with Gasteiger partial charge in [-0.3, -0.25) is 19.2 Å². The Hall–Kier alpha value is -3.30. The van der Waals surface area contributed by atoms with Gasteiger partial charge in [0.1, 0.15) is 11.6 Å². The molecule has 0 radical (unpaired) electrons. The van der Waals surface area contributed by atoms with Crippen molar-refractivity contribution in [2.24, 2.45) is 17.4 Å². The van der Waals surface area contributed by atoms with E-state index < -0.39 is 59.4 Å². The van der Waals surface area contributed by atoms with Crippen molar-refractivity contribution in [1.82, 2.24) is 30.5 Å². The molecular formula is C27H45ClN8O7. The van der Waals surface area contributed by atoms with Crippen molar-refractivity contribution in [2.45, 2.75) is 108 Å². The number of hydrogen-bond acceptors (Lipinski definition) is 9. The molecule has 1 unspecified atom stereocenters. The number of unbranched alkanes of at least 4 members (excludes halogenated alkanes) is 1. The highest BCUT2D eigenvalue weighted by molar-refractivity contribution is 6.37. The van der Waals surface area contributed by atoms with Gasteiger partial charge in [0.2, 0.25) is 17.6 Å². The molecular weight excluding hydrogens is 584 g/mol. The molecule has 2 aliphatic rings. The zero-order valence-electron chi connectivity index (χ0n) is 24.7. The normalized spacial score (nSPS) is 20.5. The van der Waals surface area contributed by atoms with E-state index in [0.717, 1.165) is 25.7 Å². The number of halogens is 1. The minimum absolute atomic E-state index is 0. The van der Waals surface area contributed by atoms with Crippen LogP contribution < -0.4 is 22.1 Å². The number of likely N-dealkylation sites (tertiary alicyclic amines) is 1. The van der Waals surface area contributed by atoms with Crippen LogP contribution in [0, 0.1) is 5.92 Å². The predicted molar refractivity (Wildman–Crippen MR) is 157 cm³/mol. The molecule has 15 nitrogen and oxygen atoms in total. The molecule has 1 saturated heterocycles. The number of rotatable bonds is 14. The van der Waals surface area contributed by atoms with Gasteiger partial charge in [-0.25, -0.2) is 9.48 Å². The van der Waals surface area contributed by atoms with Crippen LogP contribution in [-0.2, 0) is 24.8 Å². The minimum Gasteiger partial charge on any atom is -0.465 e. The molecule has 3 rings (SSSR count). The summed E-state index contributed by atoms with van der Waals surface area (Å²) in [6.45, 7) is 3.37. The van der Waals surface area contributed by atoms with E-state index >= 15 is 0 Å². The molecule has 4 atom stereocenters. The van der Waals surface area contributed by atoms with Crippen LogP contribution in [0.3, 0.4) is 0 Å². The Bertz CT molecular complexity index is 1130. The lowest BCUT2D eigenvalue weighted by atomic mass is 9.84. The summed E-state index contributed by atoms with van der Waals surface area (Å²) in [7, 11) is 0. The van der Waals surface area contributed by atoms with E-state index in [1.165, 1.54) is 22.2 Å². The van der Waals surface area contributed by atoms with Gasteiger partial charge < -0.3 is 37.2 Å². The summed E-state index contributed by atoms with van der Waals surface area (Å²) in [6.07, 6.45) is 6.94. The molecule has 16 heteroatoms. The number of Topliss-reactive ketones (excluding diaryl/α,β-unsaturated/α-hetero) is 1. The number of carbonyl (C=O) groups excluding carboxylic acids is 4. The van der Waals surface area contributed by atoms with Crippen LogP contribution in [0.4, 0.5) is 4.79 Å². The quantitative estimate of drug-likeness (QED) is 0.122. The van der Waals surface area contributed by atoms with E-state index in [2.05, 4.69) is 20.9 Å². The van der Waals surface area contributed by atoms with E-state index in [9.17, 15) is 29.1 Å². The monoisotopic (exact) mass is 628 g/mol. The van der Waals surface area contributed by atoms with E-state index in [-0.39, 0.29) is 38.3 Å². The topological polar surface area (TPSA) is 236 Å². The van der Waals surface area contributed by atoms with Gasteiger partial charge in [0.15, 0.2) is 0 Å². The van der Waals surface area contributed by atoms with Crippen LogP contribution >= 0.6 is 12.4 Å². The van der Waals surface area contributed by atoms with Gasteiger partial charge in [0, 0.05) is 19.5 Å². The average Bonchev–Trinajstić information content (AvgIpc) is 3.59. The van der Waals surface area contributed by atoms with Crippen molar-refractivity contribution < 1.29 is 34.2 Å². The molecule has 242 valence electrons. The standard InChI is InChI=1S/C27H44N8O7.ClH/c1-27(2,42)21-14-31-33-35(21)17-13-20(34(15-17)25(39)18(28)12-16-8-4-3-5-9-16)24(38)32-19(22(36)23(29)37)10-6-7-11-30-26(40)41;/h14,16-20,30,42H,3-13,15,28H2,1-2H3,(H2,29,37)(H,32,38)(H,40,41);1H/t17-,18+,19?,20-;/m0./s1. The van der Waals surface area contributed by atoms with Gasteiger partial charge >= 0.3 is 6.09 Å². The second-order valence-electron chi connectivity index (χ2n) is 11.9. The van der Waals surface area contributed by atoms with Gasteiger partial charge in [0.05, 0.1) is 30.0 Å². The minimum atomic E-state index is -1.29. The SMILES string of the molecule is CC(C)(O)c1cnnn1[C@H]1C[C@@H](C(=O)NC(CCCCNC(=O)O)C(=O)C(N)=O)N(C(=O)[C@H](N)CC2CCCCC2)C1.Cl. The van der Waals surface area contributed by atoms with Crippen molar-refractivity contribution >= 4 is 42.0 Å². The molecule has 4 amide bonds. The second-order valence-corrected chi connectivity index (χ2v) is 11.9. The maximum absolute atomic E-state index is 13.7. The van der Waals surface area contributed by atoms with E-state index in [0.29, 0.717) is 30.9 Å². The van der Waals surface area contributed by atoms with Crippen LogP contribution in [0.1, 0.15) is 89.8 Å². The Balaban J connectivity index is 0.00000645.